The second kappa shape index (κ2) is 9.08. The maximum Gasteiger partial charge on any atom is 0.332 e. The molecular formula is C22H24N10O3. The van der Waals surface area contributed by atoms with Gasteiger partial charge in [0.1, 0.15) is 12.4 Å². The van der Waals surface area contributed by atoms with Gasteiger partial charge in [-0.2, -0.15) is 0 Å². The van der Waals surface area contributed by atoms with Crippen molar-refractivity contribution in [2.45, 2.75) is 25.8 Å². The molecule has 0 saturated carbocycles. The fourth-order valence-electron chi connectivity index (χ4n) is 4.12. The first-order valence-corrected chi connectivity index (χ1v) is 11.2. The molecule has 13 nitrogen and oxygen atoms in total. The third-order valence-electron chi connectivity index (χ3n) is 5.99. The van der Waals surface area contributed by atoms with E-state index >= 15 is 0 Å². The Morgan fingerprint density at radius 1 is 1.00 bits per heavy atom. The van der Waals surface area contributed by atoms with E-state index in [1.165, 1.54) is 42.2 Å². The van der Waals surface area contributed by atoms with Gasteiger partial charge in [0.15, 0.2) is 17.0 Å². The van der Waals surface area contributed by atoms with E-state index in [4.69, 9.17) is 0 Å². The summed E-state index contributed by atoms with van der Waals surface area (Å²) in [5.74, 6) is 0.949. The first kappa shape index (κ1) is 22.4. The maximum atomic E-state index is 12.7. The summed E-state index contributed by atoms with van der Waals surface area (Å²) in [5.41, 5.74) is -0.00134. The Labute approximate surface area is 199 Å². The highest BCUT2D eigenvalue weighted by Crippen LogP contribution is 2.19. The SMILES string of the molecule is Cn1c(=O)c2c(ncn2CC(=O)Nc2ccnc(-c3cnc(N4CCCCC4)nc3)n2)n(C)c1=O. The molecule has 0 bridgehead atoms. The van der Waals surface area contributed by atoms with E-state index in [1.54, 1.807) is 18.5 Å². The molecule has 1 fully saturated rings. The van der Waals surface area contributed by atoms with Gasteiger partial charge >= 0.3 is 5.69 Å². The number of nitrogens with one attached hydrogen (secondary N) is 1. The molecule has 5 heterocycles. The second-order valence-electron chi connectivity index (χ2n) is 8.38. The molecule has 4 aromatic heterocycles. The summed E-state index contributed by atoms with van der Waals surface area (Å²) in [5, 5.41) is 2.71. The number of nitrogens with zero attached hydrogens (tertiary/aromatic N) is 9. The number of carbonyl (C=O) groups is 1. The maximum absolute atomic E-state index is 12.7. The van der Waals surface area contributed by atoms with Gasteiger partial charge in [-0.15, -0.1) is 0 Å². The van der Waals surface area contributed by atoms with Crippen molar-refractivity contribution in [2.75, 3.05) is 23.3 Å². The van der Waals surface area contributed by atoms with Crippen molar-refractivity contribution in [1.82, 2.24) is 38.6 Å². The van der Waals surface area contributed by atoms with Crippen LogP contribution in [0, 0.1) is 0 Å². The highest BCUT2D eigenvalue weighted by molar-refractivity contribution is 5.90. The number of rotatable bonds is 5. The molecule has 0 unspecified atom stereocenters. The monoisotopic (exact) mass is 476 g/mol. The average molecular weight is 477 g/mol. The molecule has 1 N–H and O–H groups in total. The summed E-state index contributed by atoms with van der Waals surface area (Å²) in [7, 11) is 2.90. The van der Waals surface area contributed by atoms with Crippen LogP contribution in [0.2, 0.25) is 0 Å². The first-order chi connectivity index (χ1) is 16.9. The zero-order chi connectivity index (χ0) is 24.5. The number of anilines is 2. The Hall–Kier alpha value is -4.42. The predicted octanol–water partition coefficient (Wildman–Crippen LogP) is 0.310. The molecule has 0 atom stereocenters. The fourth-order valence-corrected chi connectivity index (χ4v) is 4.12. The van der Waals surface area contributed by atoms with Crippen LogP contribution in [-0.4, -0.2) is 57.6 Å². The van der Waals surface area contributed by atoms with Crippen LogP contribution in [0.1, 0.15) is 19.3 Å². The lowest BCUT2D eigenvalue weighted by Crippen LogP contribution is -2.37. The predicted molar refractivity (Wildman–Crippen MR) is 128 cm³/mol. The number of carbonyl (C=O) groups excluding carboxylic acids is 1. The van der Waals surface area contributed by atoms with Crippen molar-refractivity contribution in [3.05, 3.63) is 51.8 Å². The lowest BCUT2D eigenvalue weighted by Gasteiger charge is -2.26. The van der Waals surface area contributed by atoms with Crippen LogP contribution < -0.4 is 21.5 Å². The molecule has 5 rings (SSSR count). The molecule has 0 aromatic carbocycles. The van der Waals surface area contributed by atoms with Crippen LogP contribution in [0.5, 0.6) is 0 Å². The van der Waals surface area contributed by atoms with E-state index in [0.717, 1.165) is 30.5 Å². The molecule has 1 aliphatic rings. The Kier molecular flexibility index (Phi) is 5.81. The molecule has 1 amide bonds. The summed E-state index contributed by atoms with van der Waals surface area (Å²) in [6.07, 6.45) is 9.75. The minimum absolute atomic E-state index is 0.166. The van der Waals surface area contributed by atoms with Gasteiger partial charge in [0.05, 0.1) is 11.9 Å². The topological polar surface area (TPSA) is 146 Å². The highest BCUT2D eigenvalue weighted by Gasteiger charge is 2.17. The van der Waals surface area contributed by atoms with Crippen LogP contribution in [0.4, 0.5) is 11.8 Å². The number of imidazole rings is 1. The van der Waals surface area contributed by atoms with E-state index < -0.39 is 17.2 Å². The smallest absolute Gasteiger partial charge is 0.332 e. The van der Waals surface area contributed by atoms with Crippen molar-refractivity contribution in [3.63, 3.8) is 0 Å². The lowest BCUT2D eigenvalue weighted by atomic mass is 10.1. The molecule has 13 heteroatoms. The van der Waals surface area contributed by atoms with Gasteiger partial charge in [-0.05, 0) is 25.3 Å². The minimum Gasteiger partial charge on any atom is -0.341 e. The third kappa shape index (κ3) is 4.27. The summed E-state index contributed by atoms with van der Waals surface area (Å²) in [4.78, 5) is 61.3. The van der Waals surface area contributed by atoms with Gasteiger partial charge in [-0.3, -0.25) is 18.7 Å². The Balaban J connectivity index is 1.32. The largest absolute Gasteiger partial charge is 0.341 e. The van der Waals surface area contributed by atoms with E-state index in [2.05, 4.69) is 35.1 Å². The Bertz CT molecular complexity index is 1510. The van der Waals surface area contributed by atoms with E-state index in [-0.39, 0.29) is 17.7 Å². The van der Waals surface area contributed by atoms with Gasteiger partial charge < -0.3 is 14.8 Å². The number of piperidine rings is 1. The number of amides is 1. The van der Waals surface area contributed by atoms with Crippen molar-refractivity contribution in [3.8, 4) is 11.4 Å². The van der Waals surface area contributed by atoms with Crippen molar-refractivity contribution in [2.24, 2.45) is 14.1 Å². The molecule has 180 valence electrons. The van der Waals surface area contributed by atoms with E-state index in [1.807, 2.05) is 0 Å². The molecule has 4 aromatic rings. The van der Waals surface area contributed by atoms with Crippen LogP contribution in [0.15, 0.2) is 40.6 Å². The standard InChI is InChI=1S/C22H24N10O3/c1-29-19-17(20(34)30(2)22(29)35)32(13-26-19)12-16(33)27-15-6-7-23-18(28-15)14-10-24-21(25-11-14)31-8-4-3-5-9-31/h6-7,10-11,13H,3-5,8-9,12H2,1-2H3,(H,23,27,28,33). The molecule has 1 aliphatic heterocycles. The van der Waals surface area contributed by atoms with Crippen LogP contribution >= 0.6 is 0 Å². The number of aromatic nitrogens is 8. The molecule has 0 radical (unpaired) electrons. The van der Waals surface area contributed by atoms with E-state index in [9.17, 15) is 14.4 Å². The highest BCUT2D eigenvalue weighted by atomic mass is 16.2. The zero-order valence-electron chi connectivity index (χ0n) is 19.4. The third-order valence-corrected chi connectivity index (χ3v) is 5.99. The van der Waals surface area contributed by atoms with E-state index in [0.29, 0.717) is 23.2 Å². The van der Waals surface area contributed by atoms with Crippen molar-refractivity contribution < 1.29 is 4.79 Å². The normalized spacial score (nSPS) is 13.8. The van der Waals surface area contributed by atoms with Crippen molar-refractivity contribution in [1.29, 1.82) is 0 Å². The van der Waals surface area contributed by atoms with Gasteiger partial charge in [0, 0.05) is 45.8 Å². The quantitative estimate of drug-likeness (QED) is 0.430. The number of hydrogen-bond donors (Lipinski definition) is 1. The number of hydrogen-bond acceptors (Lipinski definition) is 9. The van der Waals surface area contributed by atoms with Gasteiger partial charge in [0.25, 0.3) is 5.56 Å². The van der Waals surface area contributed by atoms with Gasteiger partial charge in [-0.25, -0.2) is 29.7 Å². The molecule has 0 aliphatic carbocycles. The van der Waals surface area contributed by atoms with Crippen LogP contribution in [0.3, 0.4) is 0 Å². The van der Waals surface area contributed by atoms with Crippen molar-refractivity contribution >= 4 is 28.8 Å². The van der Waals surface area contributed by atoms with Crippen LogP contribution in [-0.2, 0) is 25.4 Å². The number of fused-ring (bicyclic) bond motifs is 1. The minimum atomic E-state index is -0.522. The summed E-state index contributed by atoms with van der Waals surface area (Å²) in [6.45, 7) is 1.72. The zero-order valence-corrected chi connectivity index (χ0v) is 19.4. The molecule has 0 spiro atoms. The average Bonchev–Trinajstić information content (AvgIpc) is 3.30. The molecule has 35 heavy (non-hydrogen) atoms. The summed E-state index contributed by atoms with van der Waals surface area (Å²) in [6, 6.07) is 1.57. The fraction of sp³-hybridized carbons (Fsp3) is 0.364. The van der Waals surface area contributed by atoms with Gasteiger partial charge in [-0.1, -0.05) is 0 Å². The lowest BCUT2D eigenvalue weighted by molar-refractivity contribution is -0.116. The summed E-state index contributed by atoms with van der Waals surface area (Å²) < 4.78 is 3.65. The summed E-state index contributed by atoms with van der Waals surface area (Å²) >= 11 is 0. The van der Waals surface area contributed by atoms with Gasteiger partial charge in [0.2, 0.25) is 11.9 Å². The number of aryl methyl sites for hydroxylation is 1. The Morgan fingerprint density at radius 3 is 2.49 bits per heavy atom. The molecule has 1 saturated heterocycles. The Morgan fingerprint density at radius 2 is 1.74 bits per heavy atom. The second-order valence-corrected chi connectivity index (χ2v) is 8.38. The van der Waals surface area contributed by atoms with Crippen LogP contribution in [0.25, 0.3) is 22.6 Å². The molecular weight excluding hydrogens is 452 g/mol. The first-order valence-electron chi connectivity index (χ1n) is 11.2.